The first-order valence-electron chi connectivity index (χ1n) is 9.00. The van der Waals surface area contributed by atoms with Crippen LogP contribution in [0.3, 0.4) is 0 Å². The maximum absolute atomic E-state index is 11.3. The lowest BCUT2D eigenvalue weighted by Gasteiger charge is -2.08. The molecule has 148 valence electrons. The molecule has 0 bridgehead atoms. The fourth-order valence-electron chi connectivity index (χ4n) is 3.18. The highest BCUT2D eigenvalue weighted by Crippen LogP contribution is 2.34. The third kappa shape index (κ3) is 3.35. The molecule has 4 aromatic rings. The number of nitro benzene ring substituents is 1. The van der Waals surface area contributed by atoms with E-state index in [-0.39, 0.29) is 5.69 Å². The molecule has 0 aliphatic carbocycles. The number of non-ortho nitro benzene ring substituents is 1. The van der Waals surface area contributed by atoms with Crippen LogP contribution in [0.5, 0.6) is 5.88 Å². The number of H-pyrrole nitrogens is 1. The molecule has 0 aliphatic rings. The van der Waals surface area contributed by atoms with Crippen LogP contribution >= 0.6 is 0 Å². The number of aryl methyl sites for hydroxylation is 2. The fraction of sp³-hybridized carbons (Fsp3) is 0.211. The summed E-state index contributed by atoms with van der Waals surface area (Å²) in [6, 6.07) is 4.97. The molecule has 3 heterocycles. The van der Waals surface area contributed by atoms with E-state index in [0.29, 0.717) is 35.3 Å². The van der Waals surface area contributed by atoms with Crippen LogP contribution in [0.2, 0.25) is 0 Å². The number of aromatic amines is 1. The average molecular weight is 393 g/mol. The molecule has 0 unspecified atom stereocenters. The Bertz CT molecular complexity index is 1210. The molecule has 0 aliphatic heterocycles. The van der Waals surface area contributed by atoms with Gasteiger partial charge in [0.05, 0.1) is 23.4 Å². The van der Waals surface area contributed by atoms with Crippen LogP contribution in [0.25, 0.3) is 22.2 Å². The van der Waals surface area contributed by atoms with E-state index in [0.717, 1.165) is 16.5 Å². The number of fused-ring (bicyclic) bond motifs is 1. The van der Waals surface area contributed by atoms with E-state index in [9.17, 15) is 10.1 Å². The predicted molar refractivity (Wildman–Crippen MR) is 108 cm³/mol. The van der Waals surface area contributed by atoms with Crippen LogP contribution in [0.4, 0.5) is 17.3 Å². The SMILES string of the molecule is CCOc1nn(C)cc1Nc1ncc(C)c(-c2c[nH]c3c([N+](=O)[O-])cccc23)n1. The summed E-state index contributed by atoms with van der Waals surface area (Å²) in [6.07, 6.45) is 5.22. The Morgan fingerprint density at radius 1 is 1.38 bits per heavy atom. The van der Waals surface area contributed by atoms with Gasteiger partial charge >= 0.3 is 0 Å². The Morgan fingerprint density at radius 2 is 2.21 bits per heavy atom. The van der Waals surface area contributed by atoms with E-state index in [1.807, 2.05) is 19.9 Å². The second-order valence-corrected chi connectivity index (χ2v) is 6.46. The number of hydrogen-bond acceptors (Lipinski definition) is 7. The molecule has 4 rings (SSSR count). The maximum atomic E-state index is 11.3. The van der Waals surface area contributed by atoms with E-state index < -0.39 is 4.92 Å². The van der Waals surface area contributed by atoms with Crippen LogP contribution in [0, 0.1) is 17.0 Å². The maximum Gasteiger partial charge on any atom is 0.293 e. The molecule has 0 amide bonds. The standard InChI is InChI=1S/C19H19N7O3/c1-4-29-18-14(10-25(3)24-18)22-19-21-8-11(2)16(23-19)13-9-20-17-12(13)6-5-7-15(17)26(27)28/h5-10,20H,4H2,1-3H3,(H,21,22,23). The molecule has 10 heteroatoms. The van der Waals surface area contributed by atoms with Crippen molar-refractivity contribution in [3.05, 3.63) is 52.5 Å². The summed E-state index contributed by atoms with van der Waals surface area (Å²) in [5.74, 6) is 0.836. The zero-order chi connectivity index (χ0) is 20.5. The van der Waals surface area contributed by atoms with Gasteiger partial charge in [-0.15, -0.1) is 5.10 Å². The number of anilines is 2. The van der Waals surface area contributed by atoms with Gasteiger partial charge in [0, 0.05) is 36.5 Å². The topological polar surface area (TPSA) is 124 Å². The number of nitrogens with one attached hydrogen (secondary N) is 2. The van der Waals surface area contributed by atoms with Crippen molar-refractivity contribution in [2.45, 2.75) is 13.8 Å². The predicted octanol–water partition coefficient (Wildman–Crippen LogP) is 3.72. The van der Waals surface area contributed by atoms with Crippen LogP contribution in [0.1, 0.15) is 12.5 Å². The Hall–Kier alpha value is -3.95. The first-order chi connectivity index (χ1) is 14.0. The van der Waals surface area contributed by atoms with Crippen LogP contribution in [0.15, 0.2) is 36.8 Å². The highest BCUT2D eigenvalue weighted by atomic mass is 16.6. The van der Waals surface area contributed by atoms with E-state index in [4.69, 9.17) is 4.74 Å². The second-order valence-electron chi connectivity index (χ2n) is 6.46. The molecule has 0 spiro atoms. The van der Waals surface area contributed by atoms with E-state index in [2.05, 4.69) is 25.4 Å². The van der Waals surface area contributed by atoms with E-state index >= 15 is 0 Å². The number of ether oxygens (including phenoxy) is 1. The van der Waals surface area contributed by atoms with Gasteiger partial charge in [0.15, 0.2) is 0 Å². The summed E-state index contributed by atoms with van der Waals surface area (Å²) in [4.78, 5) is 22.9. The van der Waals surface area contributed by atoms with Crippen molar-refractivity contribution >= 4 is 28.2 Å². The molecular weight excluding hydrogens is 374 g/mol. The molecule has 0 saturated heterocycles. The quantitative estimate of drug-likeness (QED) is 0.378. The fourth-order valence-corrected chi connectivity index (χ4v) is 3.18. The van der Waals surface area contributed by atoms with E-state index in [1.54, 1.807) is 36.4 Å². The lowest BCUT2D eigenvalue weighted by atomic mass is 10.1. The summed E-state index contributed by atoms with van der Waals surface area (Å²) in [6.45, 7) is 4.26. The summed E-state index contributed by atoms with van der Waals surface area (Å²) < 4.78 is 7.17. The molecule has 0 fully saturated rings. The zero-order valence-electron chi connectivity index (χ0n) is 16.1. The van der Waals surface area contributed by atoms with E-state index in [1.165, 1.54) is 6.07 Å². The monoisotopic (exact) mass is 393 g/mol. The number of para-hydroxylation sites is 1. The lowest BCUT2D eigenvalue weighted by Crippen LogP contribution is -2.01. The second kappa shape index (κ2) is 7.23. The van der Waals surface area contributed by atoms with Gasteiger partial charge in [0.1, 0.15) is 11.2 Å². The number of benzene rings is 1. The van der Waals surface area contributed by atoms with Gasteiger partial charge in [-0.25, -0.2) is 9.97 Å². The van der Waals surface area contributed by atoms with Gasteiger partial charge in [0.25, 0.3) is 11.6 Å². The van der Waals surface area contributed by atoms with Crippen LogP contribution in [-0.2, 0) is 7.05 Å². The lowest BCUT2D eigenvalue weighted by molar-refractivity contribution is -0.383. The zero-order valence-corrected chi connectivity index (χ0v) is 16.1. The summed E-state index contributed by atoms with van der Waals surface area (Å²) in [7, 11) is 1.80. The average Bonchev–Trinajstić information content (AvgIpc) is 3.26. The van der Waals surface area contributed by atoms with Gasteiger partial charge in [0.2, 0.25) is 5.95 Å². The molecule has 1 aromatic carbocycles. The Kier molecular flexibility index (Phi) is 4.59. The number of aromatic nitrogens is 5. The Labute approximate surface area is 165 Å². The van der Waals surface area contributed by atoms with Crippen molar-refractivity contribution in [1.29, 1.82) is 0 Å². The largest absolute Gasteiger partial charge is 0.475 e. The van der Waals surface area contributed by atoms with Crippen molar-refractivity contribution in [1.82, 2.24) is 24.7 Å². The van der Waals surface area contributed by atoms with Gasteiger partial charge in [-0.1, -0.05) is 12.1 Å². The first-order valence-corrected chi connectivity index (χ1v) is 9.00. The third-order valence-electron chi connectivity index (χ3n) is 4.44. The molecule has 2 N–H and O–H groups in total. The Balaban J connectivity index is 1.76. The molecule has 10 nitrogen and oxygen atoms in total. The number of nitrogens with zero attached hydrogens (tertiary/aromatic N) is 5. The minimum absolute atomic E-state index is 0.0236. The minimum Gasteiger partial charge on any atom is -0.475 e. The van der Waals surface area contributed by atoms with Gasteiger partial charge < -0.3 is 15.0 Å². The van der Waals surface area contributed by atoms with Crippen LogP contribution in [-0.4, -0.2) is 36.3 Å². The molecule has 0 saturated carbocycles. The van der Waals surface area contributed by atoms with Crippen molar-refractivity contribution in [2.75, 3.05) is 11.9 Å². The third-order valence-corrected chi connectivity index (χ3v) is 4.44. The van der Waals surface area contributed by atoms with Gasteiger partial charge in [-0.05, 0) is 19.4 Å². The summed E-state index contributed by atoms with van der Waals surface area (Å²) >= 11 is 0. The normalized spacial score (nSPS) is 11.0. The Morgan fingerprint density at radius 3 is 2.97 bits per heavy atom. The van der Waals surface area contributed by atoms with Crippen molar-refractivity contribution in [2.24, 2.45) is 7.05 Å². The molecule has 0 atom stereocenters. The minimum atomic E-state index is -0.403. The molecule has 3 aromatic heterocycles. The molecule has 29 heavy (non-hydrogen) atoms. The summed E-state index contributed by atoms with van der Waals surface area (Å²) in [5.41, 5.74) is 3.43. The van der Waals surface area contributed by atoms with Gasteiger partial charge in [-0.2, -0.15) is 0 Å². The van der Waals surface area contributed by atoms with Crippen molar-refractivity contribution < 1.29 is 9.66 Å². The first kappa shape index (κ1) is 18.4. The summed E-state index contributed by atoms with van der Waals surface area (Å²) in [5, 5.41) is 19.4. The molecular formula is C19H19N7O3. The highest BCUT2D eigenvalue weighted by Gasteiger charge is 2.18. The van der Waals surface area contributed by atoms with Crippen molar-refractivity contribution in [3.63, 3.8) is 0 Å². The van der Waals surface area contributed by atoms with Crippen molar-refractivity contribution in [3.8, 4) is 17.1 Å². The smallest absolute Gasteiger partial charge is 0.293 e. The number of nitro groups is 1. The van der Waals surface area contributed by atoms with Gasteiger partial charge in [-0.3, -0.25) is 14.8 Å². The number of hydrogen-bond donors (Lipinski definition) is 2. The highest BCUT2D eigenvalue weighted by molar-refractivity contribution is 5.99. The van der Waals surface area contributed by atoms with Crippen LogP contribution < -0.4 is 10.1 Å². The number of rotatable bonds is 6. The molecule has 0 radical (unpaired) electrons.